The molecule has 0 amide bonds. The maximum Gasteiger partial charge on any atom is 4.00 e. The van der Waals surface area contributed by atoms with E-state index in [4.69, 9.17) is 0 Å². The molecule has 0 aromatic carbocycles. The van der Waals surface area contributed by atoms with Crippen molar-refractivity contribution in [2.45, 2.75) is 54.4 Å². The largest absolute Gasteiger partial charge is 4.00 e. The van der Waals surface area contributed by atoms with Gasteiger partial charge >= 0.3 is 17.4 Å². The quantitative estimate of drug-likeness (QED) is 0.525. The fraction of sp³-hybridized carbons (Fsp3) is 1.00. The van der Waals surface area contributed by atoms with Crippen LogP contribution in [0.2, 0.25) is 0 Å². The smallest absolute Gasteiger partial charge is 0.790 e. The maximum atomic E-state index is 10.0. The summed E-state index contributed by atoms with van der Waals surface area (Å²) < 4.78 is 28.3. The van der Waals surface area contributed by atoms with Gasteiger partial charge in [0.15, 0.2) is 0 Å². The van der Waals surface area contributed by atoms with Crippen LogP contribution in [-0.4, -0.2) is 13.2 Å². The molecule has 0 saturated heterocycles. The van der Waals surface area contributed by atoms with Gasteiger partial charge in [0.1, 0.15) is 0 Å². The van der Waals surface area contributed by atoms with E-state index in [0.717, 1.165) is 12.8 Å². The Kier molecular flexibility index (Phi) is 14.1. The van der Waals surface area contributed by atoms with E-state index in [0.29, 0.717) is 0 Å². The van der Waals surface area contributed by atoms with Crippen LogP contribution in [0.1, 0.15) is 54.4 Å². The zero-order valence-electron chi connectivity index (χ0n) is 14.4. The van der Waals surface area contributed by atoms with Crippen molar-refractivity contribution in [1.29, 1.82) is 0 Å². The molecule has 0 rings (SSSR count). The predicted octanol–water partition coefficient (Wildman–Crippen LogP) is 0.533. The van der Waals surface area contributed by atoms with E-state index in [-0.39, 0.29) is 41.4 Å². The molecule has 0 radical (unpaired) electrons. The van der Waals surface area contributed by atoms with E-state index in [1.807, 2.05) is 41.5 Å². The molecule has 0 spiro atoms. The molecule has 23 heavy (non-hydrogen) atoms. The molecule has 0 aliphatic rings. The summed E-state index contributed by atoms with van der Waals surface area (Å²) in [5.74, 6) is 0. The fourth-order valence-electron chi connectivity index (χ4n) is 0.712. The van der Waals surface area contributed by atoms with Gasteiger partial charge in [-0.05, 0) is 23.7 Å². The average Bonchev–Trinajstić information content (AvgIpc) is 2.34. The monoisotopic (exact) mass is 412 g/mol. The number of hydrogen-bond donors (Lipinski definition) is 0. The third-order valence-electron chi connectivity index (χ3n) is 3.14. The summed E-state index contributed by atoms with van der Waals surface area (Å²) >= 11 is 0. The van der Waals surface area contributed by atoms with Crippen LogP contribution < -0.4 is 19.6 Å². The Hall–Kier alpha value is 0.752. The van der Waals surface area contributed by atoms with Gasteiger partial charge in [0.25, 0.3) is 0 Å². The first kappa shape index (κ1) is 28.6. The van der Waals surface area contributed by atoms with E-state index >= 15 is 0 Å². The summed E-state index contributed by atoms with van der Waals surface area (Å²) in [5.41, 5.74) is -0.491. The standard InChI is InChI=1S/2C6H15O4P.Cr/c2*1-4-6(2,3)5-10-11(7,8)9;/h2*4-5H2,1-3H3,(H2,7,8,9);/q;;+4/p-4. The van der Waals surface area contributed by atoms with Crippen molar-refractivity contribution in [3.8, 4) is 0 Å². The van der Waals surface area contributed by atoms with Crippen LogP contribution in [0.4, 0.5) is 0 Å². The van der Waals surface area contributed by atoms with Crippen molar-refractivity contribution >= 4 is 15.6 Å². The van der Waals surface area contributed by atoms with Crippen molar-refractivity contribution in [3.05, 3.63) is 0 Å². The molecule has 8 nitrogen and oxygen atoms in total. The topological polar surface area (TPSA) is 145 Å². The summed E-state index contributed by atoms with van der Waals surface area (Å²) in [4.78, 5) is 40.2. The van der Waals surface area contributed by atoms with Crippen molar-refractivity contribution in [1.82, 2.24) is 0 Å². The SMILES string of the molecule is CCC(C)(C)COP(=O)([O-])[O-].CCC(C)(C)COP(=O)([O-])[O-].[Cr+4]. The van der Waals surface area contributed by atoms with Gasteiger partial charge in [0, 0.05) is 0 Å². The Morgan fingerprint density at radius 1 is 0.739 bits per heavy atom. The van der Waals surface area contributed by atoms with Gasteiger partial charge < -0.3 is 37.8 Å². The predicted molar refractivity (Wildman–Crippen MR) is 75.3 cm³/mol. The zero-order chi connectivity index (χ0) is 18.2. The van der Waals surface area contributed by atoms with Crippen molar-refractivity contribution in [2.75, 3.05) is 13.2 Å². The Balaban J connectivity index is -0.000000333. The molecule has 0 aliphatic carbocycles. The molecule has 0 aromatic rings. The first-order valence-electron chi connectivity index (χ1n) is 6.87. The summed E-state index contributed by atoms with van der Waals surface area (Å²) in [7, 11) is -9.55. The summed E-state index contributed by atoms with van der Waals surface area (Å²) in [6, 6.07) is 0. The molecule has 0 bridgehead atoms. The van der Waals surface area contributed by atoms with E-state index in [9.17, 15) is 28.7 Å². The molecule has 0 heterocycles. The molecule has 0 atom stereocenters. The van der Waals surface area contributed by atoms with Gasteiger partial charge in [-0.2, -0.15) is 0 Å². The fourth-order valence-corrected chi connectivity index (χ4v) is 1.73. The second-order valence-corrected chi connectivity index (χ2v) is 8.78. The van der Waals surface area contributed by atoms with E-state index in [1.165, 1.54) is 0 Å². The number of phosphoric acid groups is 2. The average molecular weight is 412 g/mol. The molecule has 0 aliphatic heterocycles. The Morgan fingerprint density at radius 3 is 1.09 bits per heavy atom. The minimum absolute atomic E-state index is 0. The minimum Gasteiger partial charge on any atom is -0.790 e. The van der Waals surface area contributed by atoms with Gasteiger partial charge in [-0.1, -0.05) is 41.5 Å². The number of rotatable bonds is 8. The molecule has 0 fully saturated rings. The van der Waals surface area contributed by atoms with E-state index in [2.05, 4.69) is 9.05 Å². The molecule has 0 N–H and O–H groups in total. The second-order valence-electron chi connectivity index (χ2n) is 6.48. The van der Waals surface area contributed by atoms with Gasteiger partial charge in [0.2, 0.25) is 0 Å². The number of phosphoric ester groups is 2. The molecule has 138 valence electrons. The Labute approximate surface area is 149 Å². The molecular weight excluding hydrogens is 386 g/mol. The van der Waals surface area contributed by atoms with Crippen LogP contribution in [0.5, 0.6) is 0 Å². The van der Waals surface area contributed by atoms with Gasteiger partial charge in [0.05, 0.1) is 28.9 Å². The molecule has 0 saturated carbocycles. The zero-order valence-corrected chi connectivity index (χ0v) is 17.5. The normalized spacial score (nSPS) is 13.0. The summed E-state index contributed by atoms with van der Waals surface area (Å²) in [5, 5.41) is 0. The Morgan fingerprint density at radius 2 is 0.957 bits per heavy atom. The van der Waals surface area contributed by atoms with Gasteiger partial charge in [-0.3, -0.25) is 0 Å². The van der Waals surface area contributed by atoms with Crippen molar-refractivity contribution < 1.29 is 55.1 Å². The maximum absolute atomic E-state index is 10.0. The summed E-state index contributed by atoms with van der Waals surface area (Å²) in [6.45, 7) is 11.1. The minimum atomic E-state index is -4.78. The second kappa shape index (κ2) is 11.4. The van der Waals surface area contributed by atoms with Crippen LogP contribution in [-0.2, 0) is 35.5 Å². The Bertz CT molecular complexity index is 364. The van der Waals surface area contributed by atoms with Crippen LogP contribution >= 0.6 is 15.6 Å². The van der Waals surface area contributed by atoms with Gasteiger partial charge in [-0.15, -0.1) is 0 Å². The van der Waals surface area contributed by atoms with Crippen LogP contribution in [0.25, 0.3) is 0 Å². The van der Waals surface area contributed by atoms with Crippen LogP contribution in [0.3, 0.4) is 0 Å². The van der Waals surface area contributed by atoms with Gasteiger partial charge in [-0.25, -0.2) is 0 Å². The van der Waals surface area contributed by atoms with Crippen LogP contribution in [0.15, 0.2) is 0 Å². The van der Waals surface area contributed by atoms with E-state index < -0.39 is 15.6 Å². The third kappa shape index (κ3) is 22.8. The van der Waals surface area contributed by atoms with Crippen LogP contribution in [0, 0.1) is 10.8 Å². The molecular formula is C12H26CrO8P2. The molecule has 0 unspecified atom stereocenters. The van der Waals surface area contributed by atoms with E-state index in [1.54, 1.807) is 0 Å². The molecule has 11 heteroatoms. The third-order valence-corrected chi connectivity index (χ3v) is 4.03. The first-order valence-corrected chi connectivity index (χ1v) is 9.79. The summed E-state index contributed by atoms with van der Waals surface area (Å²) in [6.07, 6.45) is 1.54. The number of hydrogen-bond acceptors (Lipinski definition) is 8. The van der Waals surface area contributed by atoms with Crippen molar-refractivity contribution in [3.63, 3.8) is 0 Å². The molecule has 0 aromatic heterocycles. The first-order chi connectivity index (χ1) is 9.54. The van der Waals surface area contributed by atoms with Crippen molar-refractivity contribution in [2.24, 2.45) is 10.8 Å².